The molecule has 124 valence electrons. The van der Waals surface area contributed by atoms with Crippen molar-refractivity contribution >= 4 is 22.7 Å². The number of hydrogen-bond donors (Lipinski definition) is 0. The van der Waals surface area contributed by atoms with Crippen molar-refractivity contribution in [3.63, 3.8) is 0 Å². The molecule has 0 unspecified atom stereocenters. The lowest BCUT2D eigenvalue weighted by atomic mass is 9.96. The van der Waals surface area contributed by atoms with Crippen LogP contribution in [0.4, 0.5) is 0 Å². The van der Waals surface area contributed by atoms with Gasteiger partial charge in [-0.15, -0.1) is 0 Å². The van der Waals surface area contributed by atoms with Crippen LogP contribution in [-0.4, -0.2) is 26.6 Å². The number of hydrogen-bond acceptors (Lipinski definition) is 4. The molecule has 2 aromatic carbocycles. The highest BCUT2D eigenvalue weighted by Gasteiger charge is 2.31. The lowest BCUT2D eigenvalue weighted by Gasteiger charge is -2.20. The van der Waals surface area contributed by atoms with Gasteiger partial charge in [0.15, 0.2) is 0 Å². The normalized spacial score (nSPS) is 17.0. The minimum absolute atomic E-state index is 0.0622. The second-order valence-electron chi connectivity index (χ2n) is 6.25. The first-order valence-electron chi connectivity index (χ1n) is 8.27. The van der Waals surface area contributed by atoms with Crippen molar-refractivity contribution in [3.05, 3.63) is 71.5 Å². The summed E-state index contributed by atoms with van der Waals surface area (Å²) in [6, 6.07) is 14.0. The van der Waals surface area contributed by atoms with Crippen LogP contribution >= 0.6 is 0 Å². The molecule has 0 spiro atoms. The van der Waals surface area contributed by atoms with Crippen LogP contribution in [0.5, 0.6) is 0 Å². The number of aryl methyl sites for hydroxylation is 1. The molecule has 3 aromatic rings. The highest BCUT2D eigenvalue weighted by atomic mass is 16.2. The van der Waals surface area contributed by atoms with Crippen LogP contribution < -0.4 is 0 Å². The molecule has 0 saturated heterocycles. The Morgan fingerprint density at radius 3 is 2.60 bits per heavy atom. The predicted molar refractivity (Wildman–Crippen MR) is 97.1 cm³/mol. The van der Waals surface area contributed by atoms with Crippen LogP contribution in [0.3, 0.4) is 0 Å². The zero-order chi connectivity index (χ0) is 17.4. The average molecular weight is 330 g/mol. The molecule has 2 heterocycles. The smallest absolute Gasteiger partial charge is 0.240 e. The molecule has 1 amide bonds. The Morgan fingerprint density at radius 1 is 1.08 bits per heavy atom. The molecule has 5 heteroatoms. The van der Waals surface area contributed by atoms with Gasteiger partial charge in [-0.3, -0.25) is 14.8 Å². The molecule has 1 atom stereocenters. The Bertz CT molecular complexity index is 996. The van der Waals surface area contributed by atoms with Gasteiger partial charge in [-0.05, 0) is 30.2 Å². The number of carbonyl (C=O) groups is 1. The van der Waals surface area contributed by atoms with Gasteiger partial charge in [0.05, 0.1) is 22.8 Å². The second kappa shape index (κ2) is 6.09. The van der Waals surface area contributed by atoms with Crippen LogP contribution in [-0.2, 0) is 4.79 Å². The fraction of sp³-hybridized carbons (Fsp3) is 0.200. The van der Waals surface area contributed by atoms with E-state index < -0.39 is 0 Å². The third-order valence-electron chi connectivity index (χ3n) is 4.57. The van der Waals surface area contributed by atoms with Crippen molar-refractivity contribution in [2.45, 2.75) is 26.3 Å². The van der Waals surface area contributed by atoms with Gasteiger partial charge in [-0.2, -0.15) is 5.10 Å². The summed E-state index contributed by atoms with van der Waals surface area (Å²) in [7, 11) is 0. The molecule has 1 aliphatic rings. The van der Waals surface area contributed by atoms with Crippen LogP contribution in [0.15, 0.2) is 60.0 Å². The molecule has 5 nitrogen and oxygen atoms in total. The molecular weight excluding hydrogens is 312 g/mol. The highest BCUT2D eigenvalue weighted by molar-refractivity contribution is 6.04. The SMILES string of the molecule is CC(=O)N1N=C(c2ccccc2C)C[C@H]1c1ccc2nccnc2c1. The number of nitrogens with zero attached hydrogens (tertiary/aromatic N) is 4. The van der Waals surface area contributed by atoms with E-state index in [1.807, 2.05) is 30.3 Å². The van der Waals surface area contributed by atoms with Crippen molar-refractivity contribution in [3.8, 4) is 0 Å². The molecule has 0 radical (unpaired) electrons. The standard InChI is InChI=1S/C20H18N4O/c1-13-5-3-4-6-16(13)18-12-20(24(23-18)14(2)25)15-7-8-17-19(11-15)22-10-9-21-17/h3-11,20H,12H2,1-2H3/t20-/m0/s1. The van der Waals surface area contributed by atoms with Crippen molar-refractivity contribution in [1.29, 1.82) is 0 Å². The third-order valence-corrected chi connectivity index (χ3v) is 4.57. The van der Waals surface area contributed by atoms with E-state index in [-0.39, 0.29) is 11.9 Å². The average Bonchev–Trinajstić information content (AvgIpc) is 3.07. The molecular formula is C20H18N4O. The number of aromatic nitrogens is 2. The van der Waals surface area contributed by atoms with Gasteiger partial charge >= 0.3 is 0 Å². The topological polar surface area (TPSA) is 58.5 Å². The first-order chi connectivity index (χ1) is 12.1. The number of benzene rings is 2. The molecule has 1 aromatic heterocycles. The van der Waals surface area contributed by atoms with Crippen molar-refractivity contribution in [2.75, 3.05) is 0 Å². The van der Waals surface area contributed by atoms with E-state index in [1.165, 1.54) is 0 Å². The maximum atomic E-state index is 12.1. The summed E-state index contributed by atoms with van der Waals surface area (Å²) in [6.07, 6.45) is 4.05. The van der Waals surface area contributed by atoms with Gasteiger partial charge in [0.25, 0.3) is 0 Å². The number of amides is 1. The van der Waals surface area contributed by atoms with Crippen molar-refractivity contribution in [1.82, 2.24) is 15.0 Å². The molecule has 0 aliphatic carbocycles. The number of carbonyl (C=O) groups excluding carboxylic acids is 1. The Morgan fingerprint density at radius 2 is 1.84 bits per heavy atom. The second-order valence-corrected chi connectivity index (χ2v) is 6.25. The summed E-state index contributed by atoms with van der Waals surface area (Å²) in [6.45, 7) is 3.62. The fourth-order valence-corrected chi connectivity index (χ4v) is 3.31. The number of rotatable bonds is 2. The largest absolute Gasteiger partial charge is 0.273 e. The quantitative estimate of drug-likeness (QED) is 0.721. The van der Waals surface area contributed by atoms with Crippen LogP contribution in [0, 0.1) is 6.92 Å². The van der Waals surface area contributed by atoms with Gasteiger partial charge in [-0.1, -0.05) is 30.3 Å². The molecule has 0 bridgehead atoms. The molecule has 0 fully saturated rings. The lowest BCUT2D eigenvalue weighted by molar-refractivity contribution is -0.130. The van der Waals surface area contributed by atoms with E-state index >= 15 is 0 Å². The first-order valence-corrected chi connectivity index (χ1v) is 8.27. The fourth-order valence-electron chi connectivity index (χ4n) is 3.31. The van der Waals surface area contributed by atoms with E-state index in [0.717, 1.165) is 33.4 Å². The predicted octanol–water partition coefficient (Wildman–Crippen LogP) is 3.64. The van der Waals surface area contributed by atoms with Gasteiger partial charge in [-0.25, -0.2) is 5.01 Å². The number of fused-ring (bicyclic) bond motifs is 1. The Balaban J connectivity index is 1.74. The molecule has 0 N–H and O–H groups in total. The summed E-state index contributed by atoms with van der Waals surface area (Å²) in [5.74, 6) is -0.0622. The van der Waals surface area contributed by atoms with Crippen molar-refractivity contribution < 1.29 is 4.79 Å². The van der Waals surface area contributed by atoms with E-state index in [0.29, 0.717) is 6.42 Å². The van der Waals surface area contributed by atoms with E-state index in [2.05, 4.69) is 34.1 Å². The van der Waals surface area contributed by atoms with Crippen molar-refractivity contribution in [2.24, 2.45) is 5.10 Å². The van der Waals surface area contributed by atoms with Crippen LogP contribution in [0.25, 0.3) is 11.0 Å². The minimum Gasteiger partial charge on any atom is -0.273 e. The summed E-state index contributed by atoms with van der Waals surface area (Å²) >= 11 is 0. The van der Waals surface area contributed by atoms with Gasteiger partial charge in [0.2, 0.25) is 5.91 Å². The zero-order valence-corrected chi connectivity index (χ0v) is 14.2. The van der Waals surface area contributed by atoms with Gasteiger partial charge < -0.3 is 0 Å². The number of hydrazone groups is 1. The van der Waals surface area contributed by atoms with E-state index in [9.17, 15) is 4.79 Å². The summed E-state index contributed by atoms with van der Waals surface area (Å²) in [5.41, 5.74) is 5.89. The van der Waals surface area contributed by atoms with Crippen LogP contribution in [0.2, 0.25) is 0 Å². The molecule has 1 aliphatic heterocycles. The summed E-state index contributed by atoms with van der Waals surface area (Å²) in [4.78, 5) is 20.8. The maximum absolute atomic E-state index is 12.1. The molecule has 25 heavy (non-hydrogen) atoms. The van der Waals surface area contributed by atoms with Gasteiger partial charge in [0, 0.05) is 31.3 Å². The molecule has 4 rings (SSSR count). The Labute approximate surface area is 146 Å². The summed E-state index contributed by atoms with van der Waals surface area (Å²) in [5, 5.41) is 6.20. The lowest BCUT2D eigenvalue weighted by Crippen LogP contribution is -2.24. The minimum atomic E-state index is -0.112. The van der Waals surface area contributed by atoms with E-state index in [4.69, 9.17) is 0 Å². The Kier molecular flexibility index (Phi) is 3.76. The first kappa shape index (κ1) is 15.4. The van der Waals surface area contributed by atoms with Crippen LogP contribution in [0.1, 0.15) is 36.1 Å². The summed E-state index contributed by atoms with van der Waals surface area (Å²) < 4.78 is 0. The zero-order valence-electron chi connectivity index (χ0n) is 14.2. The molecule has 0 saturated carbocycles. The van der Waals surface area contributed by atoms with Gasteiger partial charge in [0.1, 0.15) is 0 Å². The Hall–Kier alpha value is -3.08. The maximum Gasteiger partial charge on any atom is 0.240 e. The third kappa shape index (κ3) is 2.78. The monoisotopic (exact) mass is 330 g/mol. The highest BCUT2D eigenvalue weighted by Crippen LogP contribution is 2.34. The van der Waals surface area contributed by atoms with E-state index in [1.54, 1.807) is 24.3 Å².